The summed E-state index contributed by atoms with van der Waals surface area (Å²) >= 11 is 0. The summed E-state index contributed by atoms with van der Waals surface area (Å²) in [5.74, 6) is -0.155. The van der Waals surface area contributed by atoms with Gasteiger partial charge in [0.15, 0.2) is 0 Å². The Bertz CT molecular complexity index is 378. The van der Waals surface area contributed by atoms with Crippen molar-refractivity contribution in [2.24, 2.45) is 5.92 Å². The third-order valence-electron chi connectivity index (χ3n) is 2.54. The Morgan fingerprint density at radius 2 is 2.33 bits per heavy atom. The molecule has 0 bridgehead atoms. The largest absolute Gasteiger partial charge is 0.468 e. The second-order valence-corrected chi connectivity index (χ2v) is 4.32. The van der Waals surface area contributed by atoms with Gasteiger partial charge in [0.2, 0.25) is 0 Å². The number of ether oxygens (including phenoxy) is 1. The first-order chi connectivity index (χ1) is 8.58. The Kier molecular flexibility index (Phi) is 5.73. The average Bonchev–Trinajstić information content (AvgIpc) is 2.77. The molecule has 0 amide bonds. The van der Waals surface area contributed by atoms with Gasteiger partial charge in [0.1, 0.15) is 6.04 Å². The molecule has 0 radical (unpaired) electrons. The molecule has 0 saturated carbocycles. The van der Waals surface area contributed by atoms with Gasteiger partial charge in [-0.3, -0.25) is 10.1 Å². The van der Waals surface area contributed by atoms with Crippen LogP contribution in [0, 0.1) is 5.92 Å². The Balaban J connectivity index is 2.53. The molecular weight excluding hydrogens is 236 g/mol. The molecule has 0 aromatic carbocycles. The number of methoxy groups -OCH3 is 1. The van der Waals surface area contributed by atoms with E-state index < -0.39 is 0 Å². The monoisotopic (exact) mass is 256 g/mol. The predicted molar refractivity (Wildman–Crippen MR) is 64.6 cm³/mol. The fourth-order valence-corrected chi connectivity index (χ4v) is 1.56. The summed E-state index contributed by atoms with van der Waals surface area (Å²) < 4.78 is 6.29. The van der Waals surface area contributed by atoms with Crippen LogP contribution in [0.15, 0.2) is 6.20 Å². The highest BCUT2D eigenvalue weighted by Gasteiger charge is 2.22. The van der Waals surface area contributed by atoms with E-state index in [0.29, 0.717) is 13.1 Å². The zero-order valence-corrected chi connectivity index (χ0v) is 11.0. The minimum Gasteiger partial charge on any atom is -0.468 e. The van der Waals surface area contributed by atoms with E-state index >= 15 is 0 Å². The van der Waals surface area contributed by atoms with Gasteiger partial charge in [0.05, 0.1) is 26.0 Å². The molecule has 0 spiro atoms. The Morgan fingerprint density at radius 1 is 1.61 bits per heavy atom. The molecule has 0 aliphatic heterocycles. The quantitative estimate of drug-likeness (QED) is 0.643. The third kappa shape index (κ3) is 4.08. The van der Waals surface area contributed by atoms with Crippen LogP contribution in [0.5, 0.6) is 0 Å². The second-order valence-electron chi connectivity index (χ2n) is 4.32. The number of hydrogen-bond acceptors (Lipinski definition) is 6. The van der Waals surface area contributed by atoms with Crippen molar-refractivity contribution in [1.82, 2.24) is 20.3 Å². The summed E-state index contributed by atoms with van der Waals surface area (Å²) in [6.07, 6.45) is 1.73. The van der Waals surface area contributed by atoms with Crippen molar-refractivity contribution in [3.8, 4) is 0 Å². The van der Waals surface area contributed by atoms with Crippen molar-refractivity contribution in [2.75, 3.05) is 13.7 Å². The summed E-state index contributed by atoms with van der Waals surface area (Å²) in [6.45, 7) is 4.75. The third-order valence-corrected chi connectivity index (χ3v) is 2.54. The van der Waals surface area contributed by atoms with Gasteiger partial charge in [0.25, 0.3) is 0 Å². The summed E-state index contributed by atoms with van der Waals surface area (Å²) in [5.41, 5.74) is 0.720. The molecule has 0 saturated heterocycles. The Morgan fingerprint density at radius 3 is 2.89 bits per heavy atom. The van der Waals surface area contributed by atoms with Crippen LogP contribution in [-0.2, 0) is 22.6 Å². The van der Waals surface area contributed by atoms with E-state index in [0.717, 1.165) is 5.69 Å². The zero-order valence-electron chi connectivity index (χ0n) is 11.0. The standard InChI is InChI=1S/C11H20N4O3/c1-8(2)10(11(17)18-3)12-6-9-7-15(4-5-16)14-13-9/h7-8,10,12,16H,4-6H2,1-3H3/t10-/m1/s1. The fourth-order valence-electron chi connectivity index (χ4n) is 1.56. The maximum atomic E-state index is 11.5. The normalized spacial score (nSPS) is 12.7. The van der Waals surface area contributed by atoms with E-state index in [1.165, 1.54) is 7.11 Å². The number of aliphatic hydroxyl groups excluding tert-OH is 1. The number of carbonyl (C=O) groups excluding carboxylic acids is 1. The second kappa shape index (κ2) is 7.07. The Hall–Kier alpha value is -1.47. The van der Waals surface area contributed by atoms with Crippen LogP contribution in [-0.4, -0.2) is 45.8 Å². The van der Waals surface area contributed by atoms with Gasteiger partial charge in [-0.1, -0.05) is 19.1 Å². The van der Waals surface area contributed by atoms with Crippen molar-refractivity contribution in [1.29, 1.82) is 0 Å². The molecule has 0 unspecified atom stereocenters. The topological polar surface area (TPSA) is 89.3 Å². The minimum absolute atomic E-state index is 0.0208. The minimum atomic E-state index is -0.363. The smallest absolute Gasteiger partial charge is 0.323 e. The van der Waals surface area contributed by atoms with Crippen molar-refractivity contribution in [3.63, 3.8) is 0 Å². The summed E-state index contributed by atoms with van der Waals surface area (Å²) in [5, 5.41) is 19.6. The van der Waals surface area contributed by atoms with Crippen molar-refractivity contribution < 1.29 is 14.6 Å². The number of rotatable bonds is 7. The van der Waals surface area contributed by atoms with Crippen LogP contribution >= 0.6 is 0 Å². The van der Waals surface area contributed by atoms with Gasteiger partial charge in [-0.2, -0.15) is 0 Å². The molecule has 0 fully saturated rings. The zero-order chi connectivity index (χ0) is 13.5. The molecule has 1 atom stereocenters. The lowest BCUT2D eigenvalue weighted by Gasteiger charge is -2.18. The van der Waals surface area contributed by atoms with E-state index in [1.54, 1.807) is 10.9 Å². The first-order valence-electron chi connectivity index (χ1n) is 5.89. The van der Waals surface area contributed by atoms with Gasteiger partial charge in [0, 0.05) is 12.7 Å². The van der Waals surface area contributed by atoms with Gasteiger partial charge in [-0.25, -0.2) is 4.68 Å². The highest BCUT2D eigenvalue weighted by molar-refractivity contribution is 5.75. The first-order valence-corrected chi connectivity index (χ1v) is 5.89. The predicted octanol–water partition coefficient (Wildman–Crippen LogP) is -0.442. The summed E-state index contributed by atoms with van der Waals surface area (Å²) in [4.78, 5) is 11.5. The molecule has 0 aliphatic carbocycles. The molecule has 7 heteroatoms. The number of nitrogens with zero attached hydrogens (tertiary/aromatic N) is 3. The average molecular weight is 256 g/mol. The number of aliphatic hydroxyl groups is 1. The lowest BCUT2D eigenvalue weighted by molar-refractivity contribution is -0.144. The molecule has 1 rings (SSSR count). The number of hydrogen-bond donors (Lipinski definition) is 2. The van der Waals surface area contributed by atoms with Crippen molar-refractivity contribution in [3.05, 3.63) is 11.9 Å². The van der Waals surface area contributed by atoms with E-state index in [9.17, 15) is 4.79 Å². The van der Waals surface area contributed by atoms with Gasteiger partial charge in [-0.15, -0.1) is 5.10 Å². The fraction of sp³-hybridized carbons (Fsp3) is 0.727. The SMILES string of the molecule is COC(=O)[C@H](NCc1cn(CCO)nn1)C(C)C. The van der Waals surface area contributed by atoms with Crippen LogP contribution in [0.4, 0.5) is 0 Å². The highest BCUT2D eigenvalue weighted by Crippen LogP contribution is 2.04. The van der Waals surface area contributed by atoms with Crippen molar-refractivity contribution >= 4 is 5.97 Å². The summed E-state index contributed by atoms with van der Waals surface area (Å²) in [7, 11) is 1.37. The van der Waals surface area contributed by atoms with Crippen LogP contribution in [0.2, 0.25) is 0 Å². The molecule has 102 valence electrons. The molecule has 1 heterocycles. The highest BCUT2D eigenvalue weighted by atomic mass is 16.5. The van der Waals surface area contributed by atoms with E-state index in [1.807, 2.05) is 13.8 Å². The van der Waals surface area contributed by atoms with Gasteiger partial charge >= 0.3 is 5.97 Å². The number of aromatic nitrogens is 3. The molecule has 1 aromatic heterocycles. The molecular formula is C11H20N4O3. The maximum Gasteiger partial charge on any atom is 0.323 e. The molecule has 2 N–H and O–H groups in total. The Labute approximate surface area is 106 Å². The number of esters is 1. The lowest BCUT2D eigenvalue weighted by atomic mass is 10.0. The van der Waals surface area contributed by atoms with Gasteiger partial charge in [-0.05, 0) is 5.92 Å². The number of nitrogens with one attached hydrogen (secondary N) is 1. The van der Waals surface area contributed by atoms with Crippen LogP contribution in [0.25, 0.3) is 0 Å². The van der Waals surface area contributed by atoms with Gasteiger partial charge < -0.3 is 9.84 Å². The number of carbonyl (C=O) groups is 1. The van der Waals surface area contributed by atoms with E-state index in [-0.39, 0.29) is 24.5 Å². The van der Waals surface area contributed by atoms with E-state index in [2.05, 4.69) is 15.6 Å². The van der Waals surface area contributed by atoms with E-state index in [4.69, 9.17) is 9.84 Å². The lowest BCUT2D eigenvalue weighted by Crippen LogP contribution is -2.41. The van der Waals surface area contributed by atoms with Crippen LogP contribution in [0.1, 0.15) is 19.5 Å². The molecule has 7 nitrogen and oxygen atoms in total. The summed E-state index contributed by atoms with van der Waals surface area (Å²) in [6, 6.07) is -0.363. The maximum absolute atomic E-state index is 11.5. The molecule has 1 aromatic rings. The van der Waals surface area contributed by atoms with Crippen LogP contribution in [0.3, 0.4) is 0 Å². The molecule has 18 heavy (non-hydrogen) atoms. The first kappa shape index (κ1) is 14.6. The molecule has 0 aliphatic rings. The van der Waals surface area contributed by atoms with Crippen molar-refractivity contribution in [2.45, 2.75) is 33.0 Å². The van der Waals surface area contributed by atoms with Crippen LogP contribution < -0.4 is 5.32 Å².